The van der Waals surface area contributed by atoms with E-state index in [-0.39, 0.29) is 6.10 Å². The monoisotopic (exact) mass is 334 g/mol. The van der Waals surface area contributed by atoms with E-state index in [4.69, 9.17) is 14.2 Å². The van der Waals surface area contributed by atoms with Gasteiger partial charge in [0, 0.05) is 0 Å². The van der Waals surface area contributed by atoms with Gasteiger partial charge in [-0.1, -0.05) is 40.8 Å². The zero-order valence-corrected chi connectivity index (χ0v) is 11.1. The molecule has 16 heavy (non-hydrogen) atoms. The van der Waals surface area contributed by atoms with Gasteiger partial charge in [-0.05, 0) is 12.1 Å². The Morgan fingerprint density at radius 2 is 2.00 bits per heavy atom. The van der Waals surface area contributed by atoms with Crippen molar-refractivity contribution in [1.29, 1.82) is 0 Å². The molecule has 0 saturated carbocycles. The van der Waals surface area contributed by atoms with E-state index in [0.717, 1.165) is 12.4 Å². The fourth-order valence-corrected chi connectivity index (χ4v) is 2.21. The van der Waals surface area contributed by atoms with Crippen molar-refractivity contribution >= 4 is 22.6 Å². The third kappa shape index (κ3) is 3.61. The highest BCUT2D eigenvalue weighted by Crippen LogP contribution is 2.17. The van der Waals surface area contributed by atoms with Crippen LogP contribution in [0.2, 0.25) is 0 Å². The Kier molecular flexibility index (Phi) is 4.87. The molecule has 0 N–H and O–H groups in total. The summed E-state index contributed by atoms with van der Waals surface area (Å²) in [6, 6.07) is 9.78. The van der Waals surface area contributed by atoms with Crippen molar-refractivity contribution in [3.05, 3.63) is 30.3 Å². The summed E-state index contributed by atoms with van der Waals surface area (Å²) < 4.78 is 17.0. The molecule has 1 aromatic carbocycles. The highest BCUT2D eigenvalue weighted by atomic mass is 127. The lowest BCUT2D eigenvalue weighted by Crippen LogP contribution is -2.24. The molecule has 1 aliphatic heterocycles. The Bertz CT molecular complexity index is 304. The molecular weight excluding hydrogens is 319 g/mol. The Balaban J connectivity index is 1.62. The fraction of sp³-hybridized carbons (Fsp3) is 0.500. The summed E-state index contributed by atoms with van der Waals surface area (Å²) in [6.45, 7) is 2.70. The first-order valence-electron chi connectivity index (χ1n) is 5.37. The van der Waals surface area contributed by atoms with Crippen molar-refractivity contribution in [3.63, 3.8) is 0 Å². The summed E-state index contributed by atoms with van der Waals surface area (Å²) in [7, 11) is 0. The van der Waals surface area contributed by atoms with Gasteiger partial charge in [0.2, 0.25) is 0 Å². The number of hydrogen-bond acceptors (Lipinski definition) is 3. The van der Waals surface area contributed by atoms with Gasteiger partial charge < -0.3 is 14.2 Å². The molecule has 1 saturated heterocycles. The predicted molar refractivity (Wildman–Crippen MR) is 70.3 cm³/mol. The van der Waals surface area contributed by atoms with Gasteiger partial charge in [-0.25, -0.2) is 0 Å². The van der Waals surface area contributed by atoms with Crippen LogP contribution in [-0.2, 0) is 9.47 Å². The SMILES string of the molecule is IC1COCC1OCCOc1ccccc1. The molecule has 2 rings (SSSR count). The van der Waals surface area contributed by atoms with Crippen LogP contribution < -0.4 is 4.74 Å². The first-order chi connectivity index (χ1) is 7.86. The highest BCUT2D eigenvalue weighted by molar-refractivity contribution is 14.1. The van der Waals surface area contributed by atoms with Gasteiger partial charge in [0.15, 0.2) is 0 Å². The summed E-state index contributed by atoms with van der Waals surface area (Å²) in [5, 5.41) is 0. The second-order valence-electron chi connectivity index (χ2n) is 3.62. The molecule has 0 bridgehead atoms. The summed E-state index contributed by atoms with van der Waals surface area (Å²) in [5.74, 6) is 0.889. The number of para-hydroxylation sites is 1. The molecule has 0 amide bonds. The van der Waals surface area contributed by atoms with E-state index in [1.54, 1.807) is 0 Å². The standard InChI is InChI=1S/C12H15IO3/c13-11-8-14-9-12(11)16-7-6-15-10-4-2-1-3-5-10/h1-5,11-12H,6-9H2. The van der Waals surface area contributed by atoms with Gasteiger partial charge >= 0.3 is 0 Å². The van der Waals surface area contributed by atoms with Gasteiger partial charge in [0.05, 0.1) is 29.8 Å². The molecule has 88 valence electrons. The fourth-order valence-electron chi connectivity index (χ4n) is 1.54. The number of ether oxygens (including phenoxy) is 3. The van der Waals surface area contributed by atoms with Crippen LogP contribution in [0.3, 0.4) is 0 Å². The maximum atomic E-state index is 5.68. The van der Waals surface area contributed by atoms with Crippen LogP contribution in [0.1, 0.15) is 0 Å². The van der Waals surface area contributed by atoms with E-state index in [1.807, 2.05) is 30.3 Å². The van der Waals surface area contributed by atoms with Crippen LogP contribution >= 0.6 is 22.6 Å². The first-order valence-corrected chi connectivity index (χ1v) is 6.62. The molecule has 1 aromatic rings. The summed E-state index contributed by atoms with van der Waals surface area (Å²) in [5.41, 5.74) is 0. The highest BCUT2D eigenvalue weighted by Gasteiger charge is 2.26. The molecule has 0 aromatic heterocycles. The van der Waals surface area contributed by atoms with Crippen LogP contribution in [0.25, 0.3) is 0 Å². The van der Waals surface area contributed by atoms with Crippen LogP contribution in [0.4, 0.5) is 0 Å². The van der Waals surface area contributed by atoms with Gasteiger partial charge in [-0.15, -0.1) is 0 Å². The van der Waals surface area contributed by atoms with Crippen molar-refractivity contribution in [2.45, 2.75) is 10.0 Å². The van der Waals surface area contributed by atoms with Crippen LogP contribution in [-0.4, -0.2) is 36.5 Å². The molecule has 3 nitrogen and oxygen atoms in total. The number of halogens is 1. The Morgan fingerprint density at radius 1 is 1.19 bits per heavy atom. The quantitative estimate of drug-likeness (QED) is 0.470. The predicted octanol–water partition coefficient (Wildman–Crippen LogP) is 2.28. The zero-order chi connectivity index (χ0) is 11.2. The van der Waals surface area contributed by atoms with Gasteiger partial charge in [-0.3, -0.25) is 0 Å². The molecule has 2 unspecified atom stereocenters. The molecule has 1 aliphatic rings. The molecule has 1 fully saturated rings. The smallest absolute Gasteiger partial charge is 0.119 e. The lowest BCUT2D eigenvalue weighted by atomic mass is 10.3. The topological polar surface area (TPSA) is 27.7 Å². The lowest BCUT2D eigenvalue weighted by Gasteiger charge is -2.13. The Hall–Kier alpha value is -0.330. The second-order valence-corrected chi connectivity index (χ2v) is 5.22. The molecule has 2 atom stereocenters. The average molecular weight is 334 g/mol. The lowest BCUT2D eigenvalue weighted by molar-refractivity contribution is 0.0292. The maximum Gasteiger partial charge on any atom is 0.119 e. The van der Waals surface area contributed by atoms with Crippen LogP contribution in [0.15, 0.2) is 30.3 Å². The van der Waals surface area contributed by atoms with E-state index in [0.29, 0.717) is 23.7 Å². The average Bonchev–Trinajstić information content (AvgIpc) is 2.72. The third-order valence-electron chi connectivity index (χ3n) is 2.39. The van der Waals surface area contributed by atoms with E-state index in [1.165, 1.54) is 0 Å². The normalized spacial score (nSPS) is 24.6. The van der Waals surface area contributed by atoms with E-state index < -0.39 is 0 Å². The van der Waals surface area contributed by atoms with Crippen molar-refractivity contribution in [1.82, 2.24) is 0 Å². The minimum atomic E-state index is 0.222. The van der Waals surface area contributed by atoms with Crippen molar-refractivity contribution in [2.75, 3.05) is 26.4 Å². The molecule has 1 heterocycles. The minimum absolute atomic E-state index is 0.222. The third-order valence-corrected chi connectivity index (χ3v) is 3.55. The summed E-state index contributed by atoms with van der Waals surface area (Å²) in [6.07, 6.45) is 0.222. The number of alkyl halides is 1. The molecule has 4 heteroatoms. The van der Waals surface area contributed by atoms with E-state index in [9.17, 15) is 0 Å². The summed E-state index contributed by atoms with van der Waals surface area (Å²) >= 11 is 2.37. The van der Waals surface area contributed by atoms with Crippen molar-refractivity contribution in [3.8, 4) is 5.75 Å². The van der Waals surface area contributed by atoms with E-state index in [2.05, 4.69) is 22.6 Å². The largest absolute Gasteiger partial charge is 0.491 e. The molecular formula is C12H15IO3. The van der Waals surface area contributed by atoms with Crippen LogP contribution in [0.5, 0.6) is 5.75 Å². The van der Waals surface area contributed by atoms with E-state index >= 15 is 0 Å². The maximum absolute atomic E-state index is 5.68. The van der Waals surface area contributed by atoms with Crippen molar-refractivity contribution < 1.29 is 14.2 Å². The van der Waals surface area contributed by atoms with Gasteiger partial charge in [-0.2, -0.15) is 0 Å². The summed E-state index contributed by atoms with van der Waals surface area (Å²) in [4.78, 5) is 0. The van der Waals surface area contributed by atoms with Crippen LogP contribution in [0, 0.1) is 0 Å². The van der Waals surface area contributed by atoms with Crippen molar-refractivity contribution in [2.24, 2.45) is 0 Å². The molecule has 0 spiro atoms. The molecule has 0 radical (unpaired) electrons. The molecule has 0 aliphatic carbocycles. The first kappa shape index (κ1) is 12.1. The Morgan fingerprint density at radius 3 is 2.69 bits per heavy atom. The minimum Gasteiger partial charge on any atom is -0.491 e. The number of benzene rings is 1. The van der Waals surface area contributed by atoms with Gasteiger partial charge in [0.1, 0.15) is 12.4 Å². The number of hydrogen-bond donors (Lipinski definition) is 0. The zero-order valence-electron chi connectivity index (χ0n) is 8.97. The number of rotatable bonds is 5. The second kappa shape index (κ2) is 6.42. The van der Waals surface area contributed by atoms with Gasteiger partial charge in [0.25, 0.3) is 0 Å². The Labute approximate surface area is 109 Å².